The standard InChI is InChI=1S/C15H23BN3O2/c1-5-15(3,21-4)14(20)16-19-10(2)11-6-8-12(9-7-11)13(17)18/h6-10,19H,5H2,1-4H3,(H3,17,18). The molecule has 0 spiro atoms. The number of hydrogen-bond donors (Lipinski definition) is 3. The van der Waals surface area contributed by atoms with E-state index in [1.807, 2.05) is 26.0 Å². The molecule has 0 saturated heterocycles. The summed E-state index contributed by atoms with van der Waals surface area (Å²) in [6.45, 7) is 5.65. The van der Waals surface area contributed by atoms with E-state index in [1.165, 1.54) is 7.41 Å². The molecule has 0 saturated carbocycles. The number of nitrogens with one attached hydrogen (secondary N) is 2. The summed E-state index contributed by atoms with van der Waals surface area (Å²) >= 11 is 0. The minimum Gasteiger partial charge on any atom is -0.384 e. The van der Waals surface area contributed by atoms with E-state index in [9.17, 15) is 4.79 Å². The molecule has 0 heterocycles. The van der Waals surface area contributed by atoms with Crippen LogP contribution >= 0.6 is 0 Å². The minimum atomic E-state index is -0.787. The summed E-state index contributed by atoms with van der Waals surface area (Å²) in [5.41, 5.74) is 6.25. The van der Waals surface area contributed by atoms with Gasteiger partial charge >= 0.3 is 0 Å². The first-order valence-electron chi connectivity index (χ1n) is 6.97. The highest BCUT2D eigenvalue weighted by molar-refractivity contribution is 6.73. The molecule has 4 N–H and O–H groups in total. The maximum atomic E-state index is 12.1. The van der Waals surface area contributed by atoms with Gasteiger partial charge in [0.25, 0.3) is 7.41 Å². The number of methoxy groups -OCH3 is 1. The fourth-order valence-electron chi connectivity index (χ4n) is 1.82. The number of amidine groups is 1. The van der Waals surface area contributed by atoms with Gasteiger partial charge < -0.3 is 20.5 Å². The smallest absolute Gasteiger partial charge is 0.299 e. The van der Waals surface area contributed by atoms with E-state index < -0.39 is 5.60 Å². The van der Waals surface area contributed by atoms with Crippen molar-refractivity contribution in [3.05, 3.63) is 35.4 Å². The van der Waals surface area contributed by atoms with Crippen LogP contribution in [0.2, 0.25) is 0 Å². The Bertz CT molecular complexity index is 498. The number of hydrogen-bond acceptors (Lipinski definition) is 4. The maximum Gasteiger partial charge on any atom is 0.299 e. The third kappa shape index (κ3) is 4.41. The molecule has 0 aliphatic carbocycles. The van der Waals surface area contributed by atoms with Gasteiger partial charge in [0.2, 0.25) is 0 Å². The lowest BCUT2D eigenvalue weighted by molar-refractivity contribution is -0.131. The van der Waals surface area contributed by atoms with Crippen molar-refractivity contribution in [2.24, 2.45) is 5.73 Å². The average molecular weight is 288 g/mol. The van der Waals surface area contributed by atoms with Crippen LogP contribution in [-0.4, -0.2) is 31.6 Å². The molecule has 0 amide bonds. The van der Waals surface area contributed by atoms with Gasteiger partial charge in [-0.2, -0.15) is 0 Å². The summed E-state index contributed by atoms with van der Waals surface area (Å²) in [6.07, 6.45) is 0.613. The summed E-state index contributed by atoms with van der Waals surface area (Å²) in [5, 5.41) is 10.4. The number of nitrogen functional groups attached to an aromatic ring is 1. The van der Waals surface area contributed by atoms with Crippen molar-refractivity contribution in [3.8, 4) is 0 Å². The van der Waals surface area contributed by atoms with Crippen molar-refractivity contribution in [2.45, 2.75) is 38.8 Å². The second kappa shape index (κ2) is 7.38. The molecule has 0 bridgehead atoms. The number of benzene rings is 1. The van der Waals surface area contributed by atoms with Crippen LogP contribution in [0.15, 0.2) is 24.3 Å². The summed E-state index contributed by atoms with van der Waals surface area (Å²) in [7, 11) is 3.01. The predicted molar refractivity (Wildman–Crippen MR) is 85.5 cm³/mol. The Labute approximate surface area is 127 Å². The second-order valence-electron chi connectivity index (χ2n) is 5.22. The minimum absolute atomic E-state index is 0.0204. The first-order valence-corrected chi connectivity index (χ1v) is 6.97. The third-order valence-electron chi connectivity index (χ3n) is 3.83. The number of nitrogens with two attached hydrogens (primary N) is 1. The van der Waals surface area contributed by atoms with Gasteiger partial charge in [-0.1, -0.05) is 31.2 Å². The summed E-state index contributed by atoms with van der Waals surface area (Å²) < 4.78 is 5.27. The van der Waals surface area contributed by atoms with Gasteiger partial charge in [0.15, 0.2) is 0 Å². The molecule has 1 radical (unpaired) electrons. The highest BCUT2D eigenvalue weighted by atomic mass is 16.5. The summed E-state index contributed by atoms with van der Waals surface area (Å²) in [4.78, 5) is 12.1. The van der Waals surface area contributed by atoms with Gasteiger partial charge in [-0.05, 0) is 25.8 Å². The number of ether oxygens (including phenoxy) is 1. The van der Waals surface area contributed by atoms with Crippen molar-refractivity contribution in [1.29, 1.82) is 5.41 Å². The van der Waals surface area contributed by atoms with Crippen LogP contribution in [0.5, 0.6) is 0 Å². The summed E-state index contributed by atoms with van der Waals surface area (Å²) in [6, 6.07) is 7.35. The first-order chi connectivity index (χ1) is 9.84. The first kappa shape index (κ1) is 17.4. The zero-order valence-corrected chi connectivity index (χ0v) is 13.1. The highest BCUT2D eigenvalue weighted by Gasteiger charge is 2.31. The third-order valence-corrected chi connectivity index (χ3v) is 3.83. The molecule has 1 aromatic rings. The lowest BCUT2D eigenvalue weighted by atomic mass is 9.74. The average Bonchev–Trinajstić information content (AvgIpc) is 2.51. The quantitative estimate of drug-likeness (QED) is 0.385. The Morgan fingerprint density at radius 3 is 2.48 bits per heavy atom. The zero-order valence-electron chi connectivity index (χ0n) is 13.1. The summed E-state index contributed by atoms with van der Waals surface area (Å²) in [5.74, 6) is 0.0442. The SMILES string of the molecule is CCC(C)(OC)C(=O)[B]NC(C)c1ccc(C(=N)N)cc1. The van der Waals surface area contributed by atoms with Crippen molar-refractivity contribution >= 4 is 18.9 Å². The fraction of sp³-hybridized carbons (Fsp3) is 0.467. The van der Waals surface area contributed by atoms with Gasteiger partial charge in [-0.15, -0.1) is 0 Å². The molecule has 6 heteroatoms. The van der Waals surface area contributed by atoms with Crippen LogP contribution in [-0.2, 0) is 9.53 Å². The Balaban J connectivity index is 2.63. The van der Waals surface area contributed by atoms with E-state index in [1.54, 1.807) is 26.2 Å². The number of carbonyl (C=O) groups is 1. The van der Waals surface area contributed by atoms with Gasteiger partial charge in [0.05, 0.1) is 0 Å². The molecule has 113 valence electrons. The molecule has 21 heavy (non-hydrogen) atoms. The van der Waals surface area contributed by atoms with E-state index in [2.05, 4.69) is 5.23 Å². The van der Waals surface area contributed by atoms with Gasteiger partial charge in [0, 0.05) is 18.7 Å². The topological polar surface area (TPSA) is 88.2 Å². The van der Waals surface area contributed by atoms with Crippen molar-refractivity contribution in [2.75, 3.05) is 7.11 Å². The molecule has 1 rings (SSSR count). The van der Waals surface area contributed by atoms with Gasteiger partial charge in [-0.3, -0.25) is 5.41 Å². The zero-order chi connectivity index (χ0) is 16.0. The van der Waals surface area contributed by atoms with Crippen molar-refractivity contribution in [1.82, 2.24) is 5.23 Å². The molecular weight excluding hydrogens is 265 g/mol. The molecule has 0 fully saturated rings. The predicted octanol–water partition coefficient (Wildman–Crippen LogP) is 1.58. The van der Waals surface area contributed by atoms with Crippen LogP contribution in [0, 0.1) is 5.41 Å². The van der Waals surface area contributed by atoms with E-state index in [4.69, 9.17) is 15.9 Å². The van der Waals surface area contributed by atoms with Crippen molar-refractivity contribution in [3.63, 3.8) is 0 Å². The molecular formula is C15H23BN3O2. The Morgan fingerprint density at radius 2 is 2.05 bits per heavy atom. The largest absolute Gasteiger partial charge is 0.384 e. The lowest BCUT2D eigenvalue weighted by Gasteiger charge is -2.25. The molecule has 0 aliphatic heterocycles. The van der Waals surface area contributed by atoms with Crippen LogP contribution < -0.4 is 11.0 Å². The maximum absolute atomic E-state index is 12.1. The molecule has 5 nitrogen and oxygen atoms in total. The van der Waals surface area contributed by atoms with E-state index in [-0.39, 0.29) is 17.6 Å². The lowest BCUT2D eigenvalue weighted by Crippen LogP contribution is -2.45. The Morgan fingerprint density at radius 1 is 1.48 bits per heavy atom. The van der Waals surface area contributed by atoms with E-state index >= 15 is 0 Å². The highest BCUT2D eigenvalue weighted by Crippen LogP contribution is 2.16. The van der Waals surface area contributed by atoms with Gasteiger partial charge in [-0.25, -0.2) is 0 Å². The van der Waals surface area contributed by atoms with Crippen molar-refractivity contribution < 1.29 is 9.53 Å². The Hall–Kier alpha value is -1.66. The number of carbonyl (C=O) groups excluding carboxylic acids is 1. The molecule has 2 atom stereocenters. The van der Waals surface area contributed by atoms with Crippen LogP contribution in [0.3, 0.4) is 0 Å². The van der Waals surface area contributed by atoms with E-state index in [0.717, 1.165) is 5.56 Å². The fourth-order valence-corrected chi connectivity index (χ4v) is 1.82. The van der Waals surface area contributed by atoms with E-state index in [0.29, 0.717) is 12.0 Å². The second-order valence-corrected chi connectivity index (χ2v) is 5.22. The molecule has 0 aromatic heterocycles. The molecule has 0 aliphatic rings. The van der Waals surface area contributed by atoms with Crippen LogP contribution in [0.4, 0.5) is 0 Å². The van der Waals surface area contributed by atoms with Crippen LogP contribution in [0.1, 0.15) is 44.4 Å². The molecule has 1 aromatic carbocycles. The monoisotopic (exact) mass is 288 g/mol. The Kier molecular flexibility index (Phi) is 6.11. The number of rotatable bonds is 8. The van der Waals surface area contributed by atoms with Gasteiger partial charge in [0.1, 0.15) is 17.1 Å². The van der Waals surface area contributed by atoms with Crippen LogP contribution in [0.25, 0.3) is 0 Å². The molecule has 2 unspecified atom stereocenters. The normalized spacial score (nSPS) is 15.0.